The Kier molecular flexibility index (Phi) is 5.01. The molecule has 1 aliphatic rings. The van der Waals surface area contributed by atoms with Crippen LogP contribution < -0.4 is 5.32 Å². The number of amides is 3. The molecule has 2 aromatic rings. The Hall–Kier alpha value is -2.05. The van der Waals surface area contributed by atoms with E-state index in [9.17, 15) is 14.0 Å². The number of hydrogen-bond donors (Lipinski definition) is 1. The van der Waals surface area contributed by atoms with Gasteiger partial charge in [0, 0.05) is 22.2 Å². The van der Waals surface area contributed by atoms with Crippen LogP contribution in [-0.2, 0) is 10.3 Å². The number of carbonyl (C=O) groups is 2. The zero-order chi connectivity index (χ0) is 18.0. The number of rotatable bonds is 5. The van der Waals surface area contributed by atoms with Crippen LogP contribution in [0.25, 0.3) is 0 Å². The van der Waals surface area contributed by atoms with Crippen molar-refractivity contribution in [1.29, 1.82) is 0 Å². The van der Waals surface area contributed by atoms with Crippen molar-refractivity contribution < 1.29 is 14.0 Å². The summed E-state index contributed by atoms with van der Waals surface area (Å²) in [4.78, 5) is 26.7. The number of imide groups is 1. The van der Waals surface area contributed by atoms with Crippen LogP contribution in [0, 0.1) is 5.82 Å². The molecule has 2 aromatic carbocycles. The number of carbonyl (C=O) groups excluding carboxylic acids is 2. The van der Waals surface area contributed by atoms with Crippen LogP contribution >= 0.6 is 23.4 Å². The van der Waals surface area contributed by atoms with Crippen LogP contribution in [0.1, 0.15) is 12.5 Å². The van der Waals surface area contributed by atoms with E-state index >= 15 is 0 Å². The number of thioether (sulfide) groups is 1. The van der Waals surface area contributed by atoms with Gasteiger partial charge in [-0.25, -0.2) is 9.18 Å². The zero-order valence-corrected chi connectivity index (χ0v) is 15.0. The third-order valence-corrected chi connectivity index (χ3v) is 5.39. The van der Waals surface area contributed by atoms with Crippen molar-refractivity contribution in [2.24, 2.45) is 0 Å². The quantitative estimate of drug-likeness (QED) is 0.631. The lowest BCUT2D eigenvalue weighted by Gasteiger charge is -2.22. The van der Waals surface area contributed by atoms with E-state index in [1.54, 1.807) is 49.4 Å². The monoisotopic (exact) mass is 378 g/mol. The summed E-state index contributed by atoms with van der Waals surface area (Å²) in [5.41, 5.74) is -0.454. The molecule has 25 heavy (non-hydrogen) atoms. The molecule has 0 radical (unpaired) electrons. The van der Waals surface area contributed by atoms with Gasteiger partial charge in [0.25, 0.3) is 5.91 Å². The Morgan fingerprint density at radius 3 is 2.52 bits per heavy atom. The summed E-state index contributed by atoms with van der Waals surface area (Å²) in [6, 6.07) is 12.8. The van der Waals surface area contributed by atoms with Crippen molar-refractivity contribution in [3.05, 3.63) is 64.9 Å². The molecule has 4 nitrogen and oxygen atoms in total. The molecule has 1 heterocycles. The molecule has 3 amide bonds. The van der Waals surface area contributed by atoms with Crippen molar-refractivity contribution >= 4 is 35.3 Å². The van der Waals surface area contributed by atoms with Gasteiger partial charge in [-0.15, -0.1) is 11.8 Å². The van der Waals surface area contributed by atoms with Crippen molar-refractivity contribution in [3.63, 3.8) is 0 Å². The van der Waals surface area contributed by atoms with Gasteiger partial charge in [0.1, 0.15) is 11.4 Å². The maximum Gasteiger partial charge on any atom is 0.325 e. The van der Waals surface area contributed by atoms with E-state index in [2.05, 4.69) is 5.32 Å². The SMILES string of the molecule is CC1(c2ccc(Cl)cc2)NC(=O)N(CCSc2ccccc2F)C1=O. The van der Waals surface area contributed by atoms with Gasteiger partial charge in [-0.2, -0.15) is 0 Å². The molecule has 3 rings (SSSR count). The summed E-state index contributed by atoms with van der Waals surface area (Å²) in [5, 5.41) is 3.29. The average molecular weight is 379 g/mol. The Balaban J connectivity index is 1.69. The van der Waals surface area contributed by atoms with E-state index in [4.69, 9.17) is 11.6 Å². The maximum absolute atomic E-state index is 13.6. The van der Waals surface area contributed by atoms with Gasteiger partial charge in [-0.05, 0) is 36.8 Å². The number of urea groups is 1. The fraction of sp³-hybridized carbons (Fsp3) is 0.222. The van der Waals surface area contributed by atoms with E-state index in [-0.39, 0.29) is 18.3 Å². The molecule has 1 aliphatic heterocycles. The standard InChI is InChI=1S/C18H16ClFN2O2S/c1-18(12-6-8-13(19)9-7-12)16(23)22(17(24)21-18)10-11-25-15-5-3-2-4-14(15)20/h2-9H,10-11H2,1H3,(H,21,24). The molecule has 0 spiro atoms. The first-order chi connectivity index (χ1) is 11.9. The van der Waals surface area contributed by atoms with Crippen molar-refractivity contribution in [2.75, 3.05) is 12.3 Å². The molecule has 0 saturated carbocycles. The molecule has 1 saturated heterocycles. The number of nitrogens with one attached hydrogen (secondary N) is 1. The van der Waals surface area contributed by atoms with Crippen LogP contribution in [0.3, 0.4) is 0 Å². The van der Waals surface area contributed by atoms with Crippen LogP contribution in [-0.4, -0.2) is 29.1 Å². The highest BCUT2D eigenvalue weighted by molar-refractivity contribution is 7.99. The minimum absolute atomic E-state index is 0.201. The Morgan fingerprint density at radius 1 is 1.16 bits per heavy atom. The lowest BCUT2D eigenvalue weighted by Crippen LogP contribution is -2.41. The number of nitrogens with zero attached hydrogens (tertiary/aromatic N) is 1. The molecule has 1 unspecified atom stereocenters. The summed E-state index contributed by atoms with van der Waals surface area (Å²) in [6.07, 6.45) is 0. The molecule has 1 atom stereocenters. The van der Waals surface area contributed by atoms with E-state index in [0.29, 0.717) is 21.2 Å². The summed E-state index contributed by atoms with van der Waals surface area (Å²) in [6.45, 7) is 1.87. The Labute approximate surface area is 154 Å². The second-order valence-corrected chi connectivity index (χ2v) is 7.37. The maximum atomic E-state index is 13.6. The van der Waals surface area contributed by atoms with Gasteiger partial charge in [-0.1, -0.05) is 35.9 Å². The van der Waals surface area contributed by atoms with Crippen LogP contribution in [0.2, 0.25) is 5.02 Å². The first kappa shape index (κ1) is 17.8. The van der Waals surface area contributed by atoms with Gasteiger partial charge in [0.05, 0.1) is 0 Å². The highest BCUT2D eigenvalue weighted by atomic mass is 35.5. The lowest BCUT2D eigenvalue weighted by molar-refractivity contribution is -0.130. The lowest BCUT2D eigenvalue weighted by atomic mass is 9.92. The minimum Gasteiger partial charge on any atom is -0.319 e. The summed E-state index contributed by atoms with van der Waals surface area (Å²) in [7, 11) is 0. The summed E-state index contributed by atoms with van der Waals surface area (Å²) >= 11 is 7.15. The molecule has 1 fully saturated rings. The van der Waals surface area contributed by atoms with E-state index in [1.165, 1.54) is 22.7 Å². The van der Waals surface area contributed by atoms with Gasteiger partial charge >= 0.3 is 6.03 Å². The molecule has 7 heteroatoms. The molecular weight excluding hydrogens is 363 g/mol. The predicted octanol–water partition coefficient (Wildman–Crippen LogP) is 4.04. The van der Waals surface area contributed by atoms with E-state index in [0.717, 1.165) is 0 Å². The van der Waals surface area contributed by atoms with Crippen LogP contribution in [0.4, 0.5) is 9.18 Å². The van der Waals surface area contributed by atoms with E-state index < -0.39 is 11.6 Å². The molecular formula is C18H16ClFN2O2S. The molecule has 0 aliphatic carbocycles. The fourth-order valence-electron chi connectivity index (χ4n) is 2.69. The van der Waals surface area contributed by atoms with Crippen molar-refractivity contribution in [1.82, 2.24) is 10.2 Å². The second-order valence-electron chi connectivity index (χ2n) is 5.80. The van der Waals surface area contributed by atoms with Crippen LogP contribution in [0.15, 0.2) is 53.4 Å². The third-order valence-electron chi connectivity index (χ3n) is 4.11. The summed E-state index contributed by atoms with van der Waals surface area (Å²) in [5.74, 6) is -0.221. The smallest absolute Gasteiger partial charge is 0.319 e. The first-order valence-corrected chi connectivity index (χ1v) is 9.05. The van der Waals surface area contributed by atoms with Gasteiger partial charge in [-0.3, -0.25) is 9.69 Å². The highest BCUT2D eigenvalue weighted by Crippen LogP contribution is 2.30. The summed E-state index contributed by atoms with van der Waals surface area (Å²) < 4.78 is 13.6. The average Bonchev–Trinajstić information content (AvgIpc) is 2.81. The predicted molar refractivity (Wildman–Crippen MR) is 96.2 cm³/mol. The number of halogens is 2. The fourth-order valence-corrected chi connectivity index (χ4v) is 3.69. The van der Waals surface area contributed by atoms with Gasteiger partial charge in [0.15, 0.2) is 0 Å². The number of benzene rings is 2. The van der Waals surface area contributed by atoms with Crippen LogP contribution in [0.5, 0.6) is 0 Å². The van der Waals surface area contributed by atoms with E-state index in [1.807, 2.05) is 0 Å². The Bertz CT molecular complexity index is 815. The molecule has 1 N–H and O–H groups in total. The Morgan fingerprint density at radius 2 is 1.84 bits per heavy atom. The highest BCUT2D eigenvalue weighted by Gasteiger charge is 2.48. The van der Waals surface area contributed by atoms with Crippen molar-refractivity contribution in [3.8, 4) is 0 Å². The van der Waals surface area contributed by atoms with Gasteiger partial charge < -0.3 is 5.32 Å². The first-order valence-electron chi connectivity index (χ1n) is 7.69. The van der Waals surface area contributed by atoms with Gasteiger partial charge in [0.2, 0.25) is 0 Å². The number of hydrogen-bond acceptors (Lipinski definition) is 3. The topological polar surface area (TPSA) is 49.4 Å². The second kappa shape index (κ2) is 7.06. The normalized spacial score (nSPS) is 20.0. The molecule has 130 valence electrons. The third kappa shape index (κ3) is 3.50. The van der Waals surface area contributed by atoms with Crippen molar-refractivity contribution in [2.45, 2.75) is 17.4 Å². The minimum atomic E-state index is -1.12. The molecule has 0 bridgehead atoms. The molecule has 0 aromatic heterocycles. The zero-order valence-electron chi connectivity index (χ0n) is 13.5. The largest absolute Gasteiger partial charge is 0.325 e.